The largest absolute Gasteiger partial charge is 0.373 e. The molecule has 3 aromatic rings. The number of piperidine rings is 1. The Morgan fingerprint density at radius 1 is 1.08 bits per heavy atom. The Bertz CT molecular complexity index is 1260. The SMILES string of the molecule is O=C(Nc1cccc(F)c1)N1C2CC[C@H]1CC(OCc1c(-c3c(Cl)cccc3Cl)noc1C1CC1)C2. The summed E-state index contributed by atoms with van der Waals surface area (Å²) in [6.45, 7) is 0.353. The lowest BCUT2D eigenvalue weighted by atomic mass is 9.99. The number of carbonyl (C=O) groups excluding carboxylic acids is 1. The van der Waals surface area contributed by atoms with Crippen molar-refractivity contribution >= 4 is 34.9 Å². The summed E-state index contributed by atoms with van der Waals surface area (Å²) in [6, 6.07) is 11.4. The molecule has 6 nitrogen and oxygen atoms in total. The highest BCUT2D eigenvalue weighted by atomic mass is 35.5. The topological polar surface area (TPSA) is 67.6 Å². The van der Waals surface area contributed by atoms with Crippen LogP contribution in [-0.2, 0) is 11.3 Å². The van der Waals surface area contributed by atoms with Crippen molar-refractivity contribution in [3.05, 3.63) is 69.7 Å². The zero-order chi connectivity index (χ0) is 24.8. The fraction of sp³-hybridized carbons (Fsp3) is 0.407. The molecule has 36 heavy (non-hydrogen) atoms. The van der Waals surface area contributed by atoms with Gasteiger partial charge in [0.2, 0.25) is 0 Å². The first-order valence-corrected chi connectivity index (χ1v) is 13.1. The van der Waals surface area contributed by atoms with Gasteiger partial charge in [0.25, 0.3) is 0 Å². The molecule has 1 N–H and O–H groups in total. The number of halogens is 3. The second-order valence-electron chi connectivity index (χ2n) is 9.88. The molecule has 1 aliphatic carbocycles. The Kier molecular flexibility index (Phi) is 6.40. The van der Waals surface area contributed by atoms with E-state index in [4.69, 9.17) is 32.5 Å². The summed E-state index contributed by atoms with van der Waals surface area (Å²) in [7, 11) is 0. The first kappa shape index (κ1) is 23.8. The summed E-state index contributed by atoms with van der Waals surface area (Å²) >= 11 is 13.0. The van der Waals surface area contributed by atoms with E-state index in [9.17, 15) is 9.18 Å². The molecule has 6 rings (SSSR count). The first-order valence-electron chi connectivity index (χ1n) is 12.4. The maximum atomic E-state index is 13.5. The van der Waals surface area contributed by atoms with Crippen LogP contribution in [0, 0.1) is 5.82 Å². The Morgan fingerprint density at radius 3 is 2.44 bits per heavy atom. The zero-order valence-electron chi connectivity index (χ0n) is 19.6. The van der Waals surface area contributed by atoms with Crippen LogP contribution in [0.25, 0.3) is 11.3 Å². The Morgan fingerprint density at radius 2 is 1.78 bits per heavy atom. The van der Waals surface area contributed by atoms with E-state index in [1.807, 2.05) is 4.90 Å². The third-order valence-electron chi connectivity index (χ3n) is 7.43. The van der Waals surface area contributed by atoms with Crippen LogP contribution in [0.1, 0.15) is 55.8 Å². The summed E-state index contributed by atoms with van der Waals surface area (Å²) in [6.07, 6.45) is 5.52. The number of nitrogens with zero attached hydrogens (tertiary/aromatic N) is 2. The standard InChI is InChI=1S/C27H26Cl2FN3O3/c28-22-5-2-6-23(29)24(22)25-21(26(36-32-25)15-7-8-15)14-35-20-12-18-9-10-19(13-20)33(18)27(34)31-17-4-1-3-16(30)11-17/h1-6,11,15,18-20H,7-10,12-14H2,(H,31,34)/t18-,19?,20?/m0/s1. The molecule has 2 unspecified atom stereocenters. The van der Waals surface area contributed by atoms with Crippen LogP contribution in [0.5, 0.6) is 0 Å². The van der Waals surface area contributed by atoms with Crippen LogP contribution in [0.3, 0.4) is 0 Å². The number of nitrogens with one attached hydrogen (secondary N) is 1. The Balaban J connectivity index is 1.16. The highest BCUT2D eigenvalue weighted by Crippen LogP contribution is 2.46. The molecule has 1 saturated carbocycles. The molecular weight excluding hydrogens is 504 g/mol. The number of hydrogen-bond acceptors (Lipinski definition) is 4. The van der Waals surface area contributed by atoms with Gasteiger partial charge in [-0.3, -0.25) is 0 Å². The number of aromatic nitrogens is 1. The third kappa shape index (κ3) is 4.60. The van der Waals surface area contributed by atoms with Gasteiger partial charge in [-0.2, -0.15) is 0 Å². The van der Waals surface area contributed by atoms with E-state index in [2.05, 4.69) is 10.5 Å². The molecule has 2 amide bonds. The molecule has 0 radical (unpaired) electrons. The summed E-state index contributed by atoms with van der Waals surface area (Å²) in [5.41, 5.74) is 2.68. The number of rotatable bonds is 6. The summed E-state index contributed by atoms with van der Waals surface area (Å²) in [5.74, 6) is 0.839. The summed E-state index contributed by atoms with van der Waals surface area (Å²) in [5, 5.41) is 8.24. The van der Waals surface area contributed by atoms with Gasteiger partial charge < -0.3 is 19.5 Å². The lowest BCUT2D eigenvalue weighted by Crippen LogP contribution is -2.50. The molecule has 3 fully saturated rings. The number of ether oxygens (including phenoxy) is 1. The number of urea groups is 1. The normalized spacial score (nSPS) is 23.2. The van der Waals surface area contributed by atoms with Crippen LogP contribution in [0.4, 0.5) is 14.9 Å². The maximum absolute atomic E-state index is 13.5. The highest BCUT2D eigenvalue weighted by Gasteiger charge is 2.44. The molecule has 9 heteroatoms. The third-order valence-corrected chi connectivity index (χ3v) is 8.06. The van der Waals surface area contributed by atoms with Crippen LogP contribution >= 0.6 is 23.2 Å². The van der Waals surface area contributed by atoms with Crippen LogP contribution < -0.4 is 5.32 Å². The van der Waals surface area contributed by atoms with Crippen LogP contribution in [0.2, 0.25) is 10.0 Å². The minimum absolute atomic E-state index is 0.0113. The molecule has 3 atom stereocenters. The molecule has 2 bridgehead atoms. The van der Waals surface area contributed by atoms with Gasteiger partial charge in [0.1, 0.15) is 17.3 Å². The van der Waals surface area contributed by atoms with Gasteiger partial charge in [-0.1, -0.05) is 40.5 Å². The molecule has 2 saturated heterocycles. The average Bonchev–Trinajstić information content (AvgIpc) is 3.55. The lowest BCUT2D eigenvalue weighted by molar-refractivity contribution is -0.0158. The zero-order valence-corrected chi connectivity index (χ0v) is 21.1. The molecule has 0 spiro atoms. The van der Waals surface area contributed by atoms with Crippen molar-refractivity contribution in [1.29, 1.82) is 0 Å². The fourth-order valence-electron chi connectivity index (χ4n) is 5.60. The van der Waals surface area contributed by atoms with Crippen molar-refractivity contribution in [3.8, 4) is 11.3 Å². The number of hydrogen-bond donors (Lipinski definition) is 1. The lowest BCUT2D eigenvalue weighted by Gasteiger charge is -2.38. The summed E-state index contributed by atoms with van der Waals surface area (Å²) in [4.78, 5) is 14.9. The fourth-order valence-corrected chi connectivity index (χ4v) is 6.17. The van der Waals surface area contributed by atoms with Gasteiger partial charge in [-0.05, 0) is 68.9 Å². The molecule has 188 valence electrons. The second-order valence-corrected chi connectivity index (χ2v) is 10.7. The number of anilines is 1. The molecule has 2 aliphatic heterocycles. The van der Waals surface area contributed by atoms with E-state index in [1.165, 1.54) is 12.1 Å². The van der Waals surface area contributed by atoms with Crippen LogP contribution in [0.15, 0.2) is 47.0 Å². The van der Waals surface area contributed by atoms with Gasteiger partial charge in [0.15, 0.2) is 0 Å². The molecule has 3 aliphatic rings. The van der Waals surface area contributed by atoms with Crippen molar-refractivity contribution in [2.45, 2.75) is 69.2 Å². The molecule has 1 aromatic heterocycles. The van der Waals surface area contributed by atoms with E-state index >= 15 is 0 Å². The van der Waals surface area contributed by atoms with Gasteiger partial charge in [-0.15, -0.1) is 0 Å². The monoisotopic (exact) mass is 529 g/mol. The van der Waals surface area contributed by atoms with E-state index in [0.717, 1.165) is 49.8 Å². The van der Waals surface area contributed by atoms with Gasteiger partial charge in [0, 0.05) is 34.8 Å². The number of carbonyl (C=O) groups is 1. The quantitative estimate of drug-likeness (QED) is 0.361. The minimum Gasteiger partial charge on any atom is -0.373 e. The molecule has 3 heterocycles. The number of benzene rings is 2. The molecular formula is C27H26Cl2FN3O3. The van der Waals surface area contributed by atoms with Crippen molar-refractivity contribution < 1.29 is 18.4 Å². The highest BCUT2D eigenvalue weighted by molar-refractivity contribution is 6.39. The van der Waals surface area contributed by atoms with E-state index in [1.54, 1.807) is 30.3 Å². The smallest absolute Gasteiger partial charge is 0.322 e. The Labute approximate surface area is 218 Å². The summed E-state index contributed by atoms with van der Waals surface area (Å²) < 4.78 is 25.7. The average molecular weight is 530 g/mol. The van der Waals surface area contributed by atoms with Crippen molar-refractivity contribution in [2.75, 3.05) is 5.32 Å². The van der Waals surface area contributed by atoms with Gasteiger partial charge >= 0.3 is 6.03 Å². The van der Waals surface area contributed by atoms with Crippen molar-refractivity contribution in [1.82, 2.24) is 10.1 Å². The second kappa shape index (κ2) is 9.69. The first-order chi connectivity index (χ1) is 17.5. The Hall–Kier alpha value is -2.61. The maximum Gasteiger partial charge on any atom is 0.322 e. The van der Waals surface area contributed by atoms with Crippen molar-refractivity contribution in [3.63, 3.8) is 0 Å². The predicted molar refractivity (Wildman–Crippen MR) is 136 cm³/mol. The van der Waals surface area contributed by atoms with E-state index < -0.39 is 0 Å². The van der Waals surface area contributed by atoms with E-state index in [-0.39, 0.29) is 30.0 Å². The minimum atomic E-state index is -0.375. The number of fused-ring (bicyclic) bond motifs is 2. The van der Waals surface area contributed by atoms with Crippen LogP contribution in [-0.4, -0.2) is 34.3 Å². The number of amides is 2. The van der Waals surface area contributed by atoms with Gasteiger partial charge in [-0.25, -0.2) is 9.18 Å². The van der Waals surface area contributed by atoms with Gasteiger partial charge in [0.05, 0.1) is 22.8 Å². The predicted octanol–water partition coefficient (Wildman–Crippen LogP) is 7.41. The van der Waals surface area contributed by atoms with E-state index in [0.29, 0.717) is 39.5 Å². The van der Waals surface area contributed by atoms with Crippen molar-refractivity contribution in [2.24, 2.45) is 0 Å². The molecule has 2 aromatic carbocycles.